The molecule has 0 fully saturated rings. The first-order valence-electron chi connectivity index (χ1n) is 5.17. The number of methoxy groups -OCH3 is 1. The van der Waals surface area contributed by atoms with Crippen LogP contribution in [0.4, 0.5) is 5.95 Å². The standard InChI is InChI=1S/C10H14ClN3O4S/c1-10(2,19(4,16)17)8(15)14-9-12-6(11)5-7(13-9)18-3/h5H,1-4H3,(H,12,13,14,15). The summed E-state index contributed by atoms with van der Waals surface area (Å²) in [6.45, 7) is 2.58. The summed E-state index contributed by atoms with van der Waals surface area (Å²) in [6, 6.07) is 1.36. The summed E-state index contributed by atoms with van der Waals surface area (Å²) in [5.41, 5.74) is 0. The van der Waals surface area contributed by atoms with Gasteiger partial charge in [0.15, 0.2) is 9.84 Å². The van der Waals surface area contributed by atoms with Crippen LogP contribution in [0.15, 0.2) is 6.07 Å². The second-order valence-electron chi connectivity index (χ2n) is 4.29. The molecule has 1 rings (SSSR count). The lowest BCUT2D eigenvalue weighted by Gasteiger charge is -2.20. The van der Waals surface area contributed by atoms with E-state index >= 15 is 0 Å². The Bertz CT molecular complexity index is 601. The zero-order chi connectivity index (χ0) is 14.8. The third kappa shape index (κ3) is 3.54. The molecule has 0 aliphatic heterocycles. The monoisotopic (exact) mass is 307 g/mol. The Labute approximate surface area is 116 Å². The van der Waals surface area contributed by atoms with Crippen molar-refractivity contribution in [3.8, 4) is 5.88 Å². The maximum absolute atomic E-state index is 11.9. The summed E-state index contributed by atoms with van der Waals surface area (Å²) in [5.74, 6) is -0.710. The molecule has 1 aromatic rings. The molecular formula is C10H14ClN3O4S. The maximum atomic E-state index is 11.9. The molecule has 9 heteroatoms. The lowest BCUT2D eigenvalue weighted by Crippen LogP contribution is -2.44. The van der Waals surface area contributed by atoms with E-state index in [0.29, 0.717) is 0 Å². The molecule has 7 nitrogen and oxygen atoms in total. The van der Waals surface area contributed by atoms with Gasteiger partial charge in [0.05, 0.1) is 7.11 Å². The Morgan fingerprint density at radius 1 is 1.42 bits per heavy atom. The van der Waals surface area contributed by atoms with Crippen molar-refractivity contribution in [2.75, 3.05) is 18.7 Å². The average Bonchev–Trinajstić information content (AvgIpc) is 2.26. The number of aromatic nitrogens is 2. The van der Waals surface area contributed by atoms with E-state index in [1.807, 2.05) is 0 Å². The molecule has 106 valence electrons. The Morgan fingerprint density at radius 3 is 2.47 bits per heavy atom. The molecule has 1 heterocycles. The van der Waals surface area contributed by atoms with Gasteiger partial charge in [0, 0.05) is 12.3 Å². The van der Waals surface area contributed by atoms with Gasteiger partial charge in [0.25, 0.3) is 0 Å². The van der Waals surface area contributed by atoms with Crippen LogP contribution in [0.25, 0.3) is 0 Å². The van der Waals surface area contributed by atoms with E-state index in [1.54, 1.807) is 0 Å². The van der Waals surface area contributed by atoms with Crippen LogP contribution in [0.1, 0.15) is 13.8 Å². The van der Waals surface area contributed by atoms with Gasteiger partial charge in [0.2, 0.25) is 17.7 Å². The van der Waals surface area contributed by atoms with Crippen molar-refractivity contribution in [3.05, 3.63) is 11.2 Å². The van der Waals surface area contributed by atoms with Crippen molar-refractivity contribution in [1.82, 2.24) is 9.97 Å². The van der Waals surface area contributed by atoms with Crippen LogP contribution in [0.5, 0.6) is 5.88 Å². The number of nitrogens with one attached hydrogen (secondary N) is 1. The molecule has 1 amide bonds. The van der Waals surface area contributed by atoms with Crippen LogP contribution < -0.4 is 10.1 Å². The van der Waals surface area contributed by atoms with Crippen molar-refractivity contribution >= 4 is 33.3 Å². The van der Waals surface area contributed by atoms with Crippen molar-refractivity contribution < 1.29 is 17.9 Å². The molecule has 0 saturated heterocycles. The Kier molecular flexibility index (Phi) is 4.36. The predicted molar refractivity (Wildman–Crippen MR) is 71.1 cm³/mol. The van der Waals surface area contributed by atoms with Crippen molar-refractivity contribution in [3.63, 3.8) is 0 Å². The smallest absolute Gasteiger partial charge is 0.247 e. The topological polar surface area (TPSA) is 98.2 Å². The molecule has 0 saturated carbocycles. The molecule has 0 bridgehead atoms. The fourth-order valence-electron chi connectivity index (χ4n) is 0.978. The highest BCUT2D eigenvalue weighted by molar-refractivity contribution is 7.92. The van der Waals surface area contributed by atoms with E-state index in [4.69, 9.17) is 16.3 Å². The fraction of sp³-hybridized carbons (Fsp3) is 0.500. The molecule has 0 radical (unpaired) electrons. The van der Waals surface area contributed by atoms with Crippen LogP contribution in [0, 0.1) is 0 Å². The van der Waals surface area contributed by atoms with E-state index in [9.17, 15) is 13.2 Å². The molecular weight excluding hydrogens is 294 g/mol. The van der Waals surface area contributed by atoms with E-state index < -0.39 is 20.5 Å². The summed E-state index contributed by atoms with van der Waals surface area (Å²) in [5, 5.41) is 2.37. The Balaban J connectivity index is 3.04. The zero-order valence-electron chi connectivity index (χ0n) is 10.9. The second-order valence-corrected chi connectivity index (χ2v) is 7.25. The first kappa shape index (κ1) is 15.6. The zero-order valence-corrected chi connectivity index (χ0v) is 12.5. The summed E-state index contributed by atoms with van der Waals surface area (Å²) in [4.78, 5) is 19.5. The SMILES string of the molecule is COc1cc(Cl)nc(NC(=O)C(C)(C)S(C)(=O)=O)n1. The van der Waals surface area contributed by atoms with Crippen LogP contribution in [0.2, 0.25) is 5.15 Å². The largest absolute Gasteiger partial charge is 0.481 e. The number of sulfone groups is 1. The van der Waals surface area contributed by atoms with Gasteiger partial charge < -0.3 is 4.74 Å². The Hall–Kier alpha value is -1.41. The minimum atomic E-state index is -3.58. The molecule has 0 aliphatic carbocycles. The van der Waals surface area contributed by atoms with Gasteiger partial charge in [-0.25, -0.2) is 13.4 Å². The summed E-state index contributed by atoms with van der Waals surface area (Å²) < 4.78 is 26.3. The highest BCUT2D eigenvalue weighted by Crippen LogP contribution is 2.20. The third-order valence-electron chi connectivity index (χ3n) is 2.58. The van der Waals surface area contributed by atoms with E-state index in [-0.39, 0.29) is 17.0 Å². The summed E-state index contributed by atoms with van der Waals surface area (Å²) in [6.07, 6.45) is 0.978. The first-order chi connectivity index (χ1) is 8.57. The number of hydrogen-bond acceptors (Lipinski definition) is 6. The van der Waals surface area contributed by atoms with Gasteiger partial charge >= 0.3 is 0 Å². The normalized spacial score (nSPS) is 12.1. The van der Waals surface area contributed by atoms with Gasteiger partial charge in [-0.15, -0.1) is 0 Å². The molecule has 0 spiro atoms. The van der Waals surface area contributed by atoms with Crippen LogP contribution in [-0.4, -0.2) is 42.4 Å². The van der Waals surface area contributed by atoms with Crippen LogP contribution in [-0.2, 0) is 14.6 Å². The fourth-order valence-corrected chi connectivity index (χ4v) is 1.54. The number of halogens is 1. The highest BCUT2D eigenvalue weighted by Gasteiger charge is 2.38. The number of amides is 1. The average molecular weight is 308 g/mol. The maximum Gasteiger partial charge on any atom is 0.247 e. The number of carbonyl (C=O) groups is 1. The predicted octanol–water partition coefficient (Wildman–Crippen LogP) is 0.900. The number of carbonyl (C=O) groups excluding carboxylic acids is 1. The summed E-state index contributed by atoms with van der Waals surface area (Å²) >= 11 is 5.72. The van der Waals surface area contributed by atoms with Crippen LogP contribution in [0.3, 0.4) is 0 Å². The Morgan fingerprint density at radius 2 is 2.00 bits per heavy atom. The molecule has 0 atom stereocenters. The van der Waals surface area contributed by atoms with Gasteiger partial charge in [-0.3, -0.25) is 10.1 Å². The summed E-state index contributed by atoms with van der Waals surface area (Å²) in [7, 11) is -2.20. The van der Waals surface area contributed by atoms with E-state index in [0.717, 1.165) is 6.26 Å². The number of rotatable bonds is 4. The minimum absolute atomic E-state index is 0.0688. The number of nitrogens with zero attached hydrogens (tertiary/aromatic N) is 2. The second kappa shape index (κ2) is 5.30. The molecule has 0 unspecified atom stereocenters. The third-order valence-corrected chi connectivity index (χ3v) is 4.81. The van der Waals surface area contributed by atoms with E-state index in [1.165, 1.54) is 27.0 Å². The molecule has 0 aliphatic rings. The van der Waals surface area contributed by atoms with Gasteiger partial charge in [-0.2, -0.15) is 4.98 Å². The van der Waals surface area contributed by atoms with Gasteiger partial charge in [-0.05, 0) is 13.8 Å². The number of ether oxygens (including phenoxy) is 1. The molecule has 1 N–H and O–H groups in total. The molecule has 19 heavy (non-hydrogen) atoms. The van der Waals surface area contributed by atoms with Crippen molar-refractivity contribution in [2.45, 2.75) is 18.6 Å². The number of hydrogen-bond donors (Lipinski definition) is 1. The first-order valence-corrected chi connectivity index (χ1v) is 7.44. The van der Waals surface area contributed by atoms with Gasteiger partial charge in [0.1, 0.15) is 9.90 Å². The lowest BCUT2D eigenvalue weighted by atomic mass is 10.2. The quantitative estimate of drug-likeness (QED) is 0.830. The van der Waals surface area contributed by atoms with Crippen molar-refractivity contribution in [1.29, 1.82) is 0 Å². The van der Waals surface area contributed by atoms with Crippen molar-refractivity contribution in [2.24, 2.45) is 0 Å². The van der Waals surface area contributed by atoms with Crippen LogP contribution >= 0.6 is 11.6 Å². The highest BCUT2D eigenvalue weighted by atomic mass is 35.5. The van der Waals surface area contributed by atoms with E-state index in [2.05, 4.69) is 15.3 Å². The lowest BCUT2D eigenvalue weighted by molar-refractivity contribution is -0.117. The minimum Gasteiger partial charge on any atom is -0.481 e. The molecule has 1 aromatic heterocycles. The molecule has 0 aromatic carbocycles. The van der Waals surface area contributed by atoms with Gasteiger partial charge in [-0.1, -0.05) is 11.6 Å². The number of anilines is 1.